The van der Waals surface area contributed by atoms with Crippen molar-refractivity contribution < 1.29 is 4.79 Å². The number of carbonyl (C=O) groups is 1. The van der Waals surface area contributed by atoms with Crippen molar-refractivity contribution in [1.29, 1.82) is 0 Å². The molecule has 0 radical (unpaired) electrons. The van der Waals surface area contributed by atoms with Crippen molar-refractivity contribution in [2.24, 2.45) is 0 Å². The monoisotopic (exact) mass is 310 g/mol. The van der Waals surface area contributed by atoms with Gasteiger partial charge >= 0.3 is 0 Å². The van der Waals surface area contributed by atoms with E-state index < -0.39 is 0 Å². The number of carbonyl (C=O) groups excluding carboxylic acids is 1. The Morgan fingerprint density at radius 3 is 2.55 bits per heavy atom. The Hall–Kier alpha value is -2.52. The van der Waals surface area contributed by atoms with Crippen LogP contribution in [0, 0.1) is 6.92 Å². The molecule has 0 aliphatic rings. The molecular weight excluding hydrogens is 296 g/mol. The van der Waals surface area contributed by atoms with Crippen molar-refractivity contribution in [2.75, 3.05) is 0 Å². The number of pyridine rings is 2. The number of aromatic nitrogens is 2. The molecule has 1 aromatic carbocycles. The summed E-state index contributed by atoms with van der Waals surface area (Å²) in [5.74, 6) is -0.0523. The second-order valence-electron chi connectivity index (χ2n) is 4.87. The molecule has 3 aromatic rings. The number of hydrogen-bond donors (Lipinski definition) is 0. The van der Waals surface area contributed by atoms with E-state index in [4.69, 9.17) is 0 Å². The second-order valence-corrected chi connectivity index (χ2v) is 4.87. The minimum Gasteiger partial charge on any atom is -0.289 e. The van der Waals surface area contributed by atoms with Crippen LogP contribution in [-0.4, -0.2) is 15.8 Å². The van der Waals surface area contributed by atoms with E-state index in [1.165, 1.54) is 5.56 Å². The zero-order valence-electron chi connectivity index (χ0n) is 12.1. The van der Waals surface area contributed by atoms with Gasteiger partial charge in [0.05, 0.1) is 11.2 Å². The SMILES string of the molecule is Cc1ccc2ccc(/C=C/C(=O)c3ccncc3)nc2c1.Cl. The fourth-order valence-electron chi connectivity index (χ4n) is 2.11. The fourth-order valence-corrected chi connectivity index (χ4v) is 2.11. The summed E-state index contributed by atoms with van der Waals surface area (Å²) in [6.07, 6.45) is 6.50. The number of ketones is 1. The molecule has 0 saturated heterocycles. The molecule has 0 unspecified atom stereocenters. The van der Waals surface area contributed by atoms with Gasteiger partial charge in [-0.3, -0.25) is 9.78 Å². The zero-order valence-corrected chi connectivity index (χ0v) is 12.9. The van der Waals surface area contributed by atoms with Gasteiger partial charge < -0.3 is 0 Å². The Balaban J connectivity index is 0.00000176. The summed E-state index contributed by atoms with van der Waals surface area (Å²) in [6.45, 7) is 2.04. The van der Waals surface area contributed by atoms with E-state index in [0.717, 1.165) is 16.6 Å². The van der Waals surface area contributed by atoms with Gasteiger partial charge in [-0.2, -0.15) is 0 Å². The first-order valence-electron chi connectivity index (χ1n) is 6.72. The van der Waals surface area contributed by atoms with Crippen LogP contribution in [0.15, 0.2) is 60.9 Å². The lowest BCUT2D eigenvalue weighted by Gasteiger charge is -2.00. The lowest BCUT2D eigenvalue weighted by Crippen LogP contribution is -1.94. The van der Waals surface area contributed by atoms with E-state index >= 15 is 0 Å². The Morgan fingerprint density at radius 2 is 1.77 bits per heavy atom. The van der Waals surface area contributed by atoms with Crippen LogP contribution in [-0.2, 0) is 0 Å². The number of rotatable bonds is 3. The van der Waals surface area contributed by atoms with Gasteiger partial charge in [0.25, 0.3) is 0 Å². The molecule has 3 rings (SSSR count). The molecule has 4 heteroatoms. The molecule has 0 spiro atoms. The summed E-state index contributed by atoms with van der Waals surface area (Å²) in [7, 11) is 0. The largest absolute Gasteiger partial charge is 0.289 e. The third kappa shape index (κ3) is 3.57. The van der Waals surface area contributed by atoms with Crippen LogP contribution in [0.2, 0.25) is 0 Å². The Bertz CT molecular complexity index is 829. The smallest absolute Gasteiger partial charge is 0.186 e. The van der Waals surface area contributed by atoms with E-state index in [1.54, 1.807) is 36.7 Å². The molecule has 0 aliphatic heterocycles. The molecule has 2 heterocycles. The van der Waals surface area contributed by atoms with Gasteiger partial charge in [-0.1, -0.05) is 18.2 Å². The normalized spacial score (nSPS) is 10.6. The number of aryl methyl sites for hydroxylation is 1. The van der Waals surface area contributed by atoms with Crippen LogP contribution in [0.25, 0.3) is 17.0 Å². The average Bonchev–Trinajstić information content (AvgIpc) is 2.53. The van der Waals surface area contributed by atoms with Gasteiger partial charge in [0, 0.05) is 23.3 Å². The predicted octanol–water partition coefficient (Wildman–Crippen LogP) is 4.26. The van der Waals surface area contributed by atoms with Gasteiger partial charge in [-0.15, -0.1) is 12.4 Å². The first-order chi connectivity index (χ1) is 10.2. The van der Waals surface area contributed by atoms with Crippen LogP contribution < -0.4 is 0 Å². The number of fused-ring (bicyclic) bond motifs is 1. The van der Waals surface area contributed by atoms with E-state index in [-0.39, 0.29) is 18.2 Å². The molecule has 0 N–H and O–H groups in total. The first kappa shape index (κ1) is 15.9. The molecule has 0 fully saturated rings. The minimum absolute atomic E-state index is 0. The molecule has 0 atom stereocenters. The van der Waals surface area contributed by atoms with Crippen molar-refractivity contribution in [3.05, 3.63) is 77.8 Å². The zero-order chi connectivity index (χ0) is 14.7. The quantitative estimate of drug-likeness (QED) is 0.536. The van der Waals surface area contributed by atoms with Gasteiger partial charge in [0.15, 0.2) is 5.78 Å². The summed E-state index contributed by atoms with van der Waals surface area (Å²) in [5.41, 5.74) is 3.51. The number of benzene rings is 1. The lowest BCUT2D eigenvalue weighted by atomic mass is 10.1. The molecule has 0 aliphatic carbocycles. The van der Waals surface area contributed by atoms with Crippen LogP contribution in [0.1, 0.15) is 21.6 Å². The van der Waals surface area contributed by atoms with Crippen molar-refractivity contribution in [3.63, 3.8) is 0 Å². The summed E-state index contributed by atoms with van der Waals surface area (Å²) >= 11 is 0. The Morgan fingerprint density at radius 1 is 1.05 bits per heavy atom. The van der Waals surface area contributed by atoms with Crippen molar-refractivity contribution in [1.82, 2.24) is 9.97 Å². The fraction of sp³-hybridized carbons (Fsp3) is 0.0556. The minimum atomic E-state index is -0.0523. The standard InChI is InChI=1S/C18H14N2O.ClH/c1-13-2-3-14-4-5-16(20-17(14)12-13)6-7-18(21)15-8-10-19-11-9-15;/h2-12H,1H3;1H/b7-6+;. The predicted molar refractivity (Wildman–Crippen MR) is 91.3 cm³/mol. The number of halogens is 1. The summed E-state index contributed by atoms with van der Waals surface area (Å²) in [6, 6.07) is 13.5. The molecule has 0 amide bonds. The third-order valence-electron chi connectivity index (χ3n) is 3.24. The van der Waals surface area contributed by atoms with Crippen LogP contribution in [0.5, 0.6) is 0 Å². The topological polar surface area (TPSA) is 42.9 Å². The number of allylic oxidation sites excluding steroid dienone is 1. The molecule has 2 aromatic heterocycles. The van der Waals surface area contributed by atoms with Crippen LogP contribution in [0.3, 0.4) is 0 Å². The van der Waals surface area contributed by atoms with Crippen molar-refractivity contribution >= 4 is 35.2 Å². The molecule has 22 heavy (non-hydrogen) atoms. The third-order valence-corrected chi connectivity index (χ3v) is 3.24. The van der Waals surface area contributed by atoms with Gasteiger partial charge in [0.2, 0.25) is 0 Å². The van der Waals surface area contributed by atoms with E-state index in [9.17, 15) is 4.79 Å². The highest BCUT2D eigenvalue weighted by Gasteiger charge is 2.01. The van der Waals surface area contributed by atoms with E-state index in [2.05, 4.69) is 16.0 Å². The van der Waals surface area contributed by atoms with E-state index in [0.29, 0.717) is 5.56 Å². The summed E-state index contributed by atoms with van der Waals surface area (Å²) < 4.78 is 0. The number of hydrogen-bond acceptors (Lipinski definition) is 3. The highest BCUT2D eigenvalue weighted by Crippen LogP contribution is 2.15. The van der Waals surface area contributed by atoms with Gasteiger partial charge in [-0.05, 0) is 48.9 Å². The van der Waals surface area contributed by atoms with Crippen LogP contribution >= 0.6 is 12.4 Å². The maximum absolute atomic E-state index is 12.0. The second kappa shape index (κ2) is 6.96. The lowest BCUT2D eigenvalue weighted by molar-refractivity contribution is 0.104. The maximum Gasteiger partial charge on any atom is 0.186 e. The van der Waals surface area contributed by atoms with Gasteiger partial charge in [0.1, 0.15) is 0 Å². The molecule has 110 valence electrons. The number of nitrogens with zero attached hydrogens (tertiary/aromatic N) is 2. The summed E-state index contributed by atoms with van der Waals surface area (Å²) in [4.78, 5) is 20.4. The highest BCUT2D eigenvalue weighted by molar-refractivity contribution is 6.06. The Labute approximate surface area is 135 Å². The maximum atomic E-state index is 12.0. The Kier molecular flexibility index (Phi) is 5.02. The van der Waals surface area contributed by atoms with Crippen LogP contribution in [0.4, 0.5) is 0 Å². The molecule has 3 nitrogen and oxygen atoms in total. The molecule has 0 bridgehead atoms. The highest BCUT2D eigenvalue weighted by atomic mass is 35.5. The summed E-state index contributed by atoms with van der Waals surface area (Å²) in [5, 5.41) is 1.10. The van der Waals surface area contributed by atoms with E-state index in [1.807, 2.05) is 31.2 Å². The molecule has 0 saturated carbocycles. The average molecular weight is 311 g/mol. The van der Waals surface area contributed by atoms with Crippen molar-refractivity contribution in [2.45, 2.75) is 6.92 Å². The first-order valence-corrected chi connectivity index (χ1v) is 6.72. The molecular formula is C18H15ClN2O. The van der Waals surface area contributed by atoms with Crippen molar-refractivity contribution in [3.8, 4) is 0 Å². The van der Waals surface area contributed by atoms with Gasteiger partial charge in [-0.25, -0.2) is 4.98 Å².